The monoisotopic (exact) mass is 319 g/mol. The number of anilines is 1. The Kier molecular flexibility index (Phi) is 4.26. The molecule has 1 aliphatic rings. The predicted molar refractivity (Wildman–Crippen MR) is 87.1 cm³/mol. The van der Waals surface area contributed by atoms with Crippen LogP contribution in [0, 0.1) is 0 Å². The first-order valence-corrected chi connectivity index (χ1v) is 8.41. The van der Waals surface area contributed by atoms with Crippen LogP contribution in [0.3, 0.4) is 0 Å². The third-order valence-electron chi connectivity index (χ3n) is 4.11. The molecule has 0 aromatic carbocycles. The van der Waals surface area contributed by atoms with E-state index in [4.69, 9.17) is 0 Å². The van der Waals surface area contributed by atoms with Gasteiger partial charge in [0.1, 0.15) is 5.54 Å². The molecule has 0 atom stereocenters. The number of hydrogen-bond acceptors (Lipinski definition) is 5. The summed E-state index contributed by atoms with van der Waals surface area (Å²) in [6, 6.07) is 1.86. The zero-order chi connectivity index (χ0) is 15.6. The van der Waals surface area contributed by atoms with Crippen molar-refractivity contribution in [2.45, 2.75) is 38.1 Å². The Labute approximate surface area is 133 Å². The van der Waals surface area contributed by atoms with Crippen LogP contribution in [0.2, 0.25) is 0 Å². The topological polar surface area (TPSA) is 71.8 Å². The zero-order valence-electron chi connectivity index (χ0n) is 12.9. The third kappa shape index (κ3) is 2.78. The minimum absolute atomic E-state index is 0.0256. The molecule has 6 nitrogen and oxygen atoms in total. The number of carbonyl (C=O) groups excluding carboxylic acids is 1. The van der Waals surface area contributed by atoms with E-state index in [9.17, 15) is 4.79 Å². The van der Waals surface area contributed by atoms with Gasteiger partial charge in [0.05, 0.1) is 0 Å². The number of thiazole rings is 1. The van der Waals surface area contributed by atoms with Crippen molar-refractivity contribution in [1.82, 2.24) is 20.1 Å². The molecular formula is C15H21N5OS. The van der Waals surface area contributed by atoms with E-state index in [0.29, 0.717) is 11.0 Å². The van der Waals surface area contributed by atoms with Crippen LogP contribution in [0.4, 0.5) is 5.13 Å². The fourth-order valence-electron chi connectivity index (χ4n) is 2.75. The average molecular weight is 319 g/mol. The fourth-order valence-corrected chi connectivity index (χ4v) is 3.56. The van der Waals surface area contributed by atoms with Gasteiger partial charge in [-0.3, -0.25) is 14.8 Å². The normalized spacial score (nSPS) is 17.6. The standard InChI is InChI=1S/C15H21N5OS/c1-11(2)12-10-17-14(22-12)19-13(21)15(4-7-16-8-5-15)20-9-3-6-18-20/h3,6,9-11,16H,4-5,7-8H2,1-2H3,(H,17,19,21). The molecule has 1 aliphatic heterocycles. The van der Waals surface area contributed by atoms with Gasteiger partial charge in [0.2, 0.25) is 0 Å². The Hall–Kier alpha value is -1.73. The number of aromatic nitrogens is 3. The summed E-state index contributed by atoms with van der Waals surface area (Å²) in [5.74, 6) is 0.393. The maximum absolute atomic E-state index is 12.9. The van der Waals surface area contributed by atoms with Crippen LogP contribution in [0.15, 0.2) is 24.7 Å². The highest BCUT2D eigenvalue weighted by molar-refractivity contribution is 7.15. The van der Waals surface area contributed by atoms with Gasteiger partial charge in [0.15, 0.2) is 5.13 Å². The first-order chi connectivity index (χ1) is 10.6. The lowest BCUT2D eigenvalue weighted by Crippen LogP contribution is -2.52. The molecule has 2 aromatic heterocycles. The fraction of sp³-hybridized carbons (Fsp3) is 0.533. The van der Waals surface area contributed by atoms with Crippen molar-refractivity contribution in [3.05, 3.63) is 29.5 Å². The average Bonchev–Trinajstić information content (AvgIpc) is 3.19. The second-order valence-corrected chi connectivity index (χ2v) is 6.97. The summed E-state index contributed by atoms with van der Waals surface area (Å²) < 4.78 is 1.79. The lowest BCUT2D eigenvalue weighted by atomic mass is 9.87. The van der Waals surface area contributed by atoms with Gasteiger partial charge >= 0.3 is 0 Å². The van der Waals surface area contributed by atoms with Crippen LogP contribution < -0.4 is 10.6 Å². The molecule has 22 heavy (non-hydrogen) atoms. The second-order valence-electron chi connectivity index (χ2n) is 5.91. The SMILES string of the molecule is CC(C)c1cnc(NC(=O)C2(n3cccn3)CCNCC2)s1. The molecule has 1 fully saturated rings. The summed E-state index contributed by atoms with van der Waals surface area (Å²) in [5.41, 5.74) is -0.627. The summed E-state index contributed by atoms with van der Waals surface area (Å²) in [6.45, 7) is 5.86. The number of hydrogen-bond donors (Lipinski definition) is 2. The van der Waals surface area contributed by atoms with Crippen molar-refractivity contribution < 1.29 is 4.79 Å². The summed E-state index contributed by atoms with van der Waals surface area (Å²) in [5, 5.41) is 11.3. The summed E-state index contributed by atoms with van der Waals surface area (Å²) >= 11 is 1.54. The molecule has 7 heteroatoms. The molecule has 1 saturated heterocycles. The van der Waals surface area contributed by atoms with Gasteiger partial charge in [-0.15, -0.1) is 11.3 Å². The molecule has 118 valence electrons. The van der Waals surface area contributed by atoms with Gasteiger partial charge in [-0.25, -0.2) is 4.98 Å². The van der Waals surface area contributed by atoms with E-state index in [0.717, 1.165) is 25.9 Å². The largest absolute Gasteiger partial charge is 0.317 e. The summed E-state index contributed by atoms with van der Waals surface area (Å²) in [6.07, 6.45) is 6.88. The number of nitrogens with zero attached hydrogens (tertiary/aromatic N) is 3. The van der Waals surface area contributed by atoms with Crippen LogP contribution in [-0.2, 0) is 10.3 Å². The second kappa shape index (κ2) is 6.18. The molecule has 0 aliphatic carbocycles. The van der Waals surface area contributed by atoms with Crippen LogP contribution in [0.25, 0.3) is 0 Å². The lowest BCUT2D eigenvalue weighted by Gasteiger charge is -2.36. The molecule has 2 N–H and O–H groups in total. The van der Waals surface area contributed by atoms with E-state index in [1.54, 1.807) is 22.2 Å². The molecule has 0 saturated carbocycles. The van der Waals surface area contributed by atoms with Crippen molar-refractivity contribution in [2.24, 2.45) is 0 Å². The Bertz CT molecular complexity index is 628. The van der Waals surface area contributed by atoms with Gasteiger partial charge in [0, 0.05) is 23.5 Å². The summed E-state index contributed by atoms with van der Waals surface area (Å²) in [4.78, 5) is 18.4. The van der Waals surface area contributed by atoms with Crippen molar-refractivity contribution in [3.63, 3.8) is 0 Å². The highest BCUT2D eigenvalue weighted by Crippen LogP contribution is 2.31. The Morgan fingerprint density at radius 2 is 2.23 bits per heavy atom. The highest BCUT2D eigenvalue weighted by Gasteiger charge is 2.42. The molecule has 0 unspecified atom stereocenters. The summed E-state index contributed by atoms with van der Waals surface area (Å²) in [7, 11) is 0. The van der Waals surface area contributed by atoms with Crippen molar-refractivity contribution in [3.8, 4) is 0 Å². The number of nitrogens with one attached hydrogen (secondary N) is 2. The first-order valence-electron chi connectivity index (χ1n) is 7.60. The smallest absolute Gasteiger partial charge is 0.254 e. The molecule has 3 heterocycles. The van der Waals surface area contributed by atoms with E-state index in [2.05, 4.69) is 34.6 Å². The predicted octanol–water partition coefficient (Wildman–Crippen LogP) is 2.18. The molecule has 0 radical (unpaired) electrons. The van der Waals surface area contributed by atoms with E-state index in [1.165, 1.54) is 4.88 Å². The van der Waals surface area contributed by atoms with E-state index in [-0.39, 0.29) is 5.91 Å². The molecule has 0 spiro atoms. The lowest BCUT2D eigenvalue weighted by molar-refractivity contribution is -0.126. The zero-order valence-corrected chi connectivity index (χ0v) is 13.7. The molecular weight excluding hydrogens is 298 g/mol. The van der Waals surface area contributed by atoms with Gasteiger partial charge in [-0.2, -0.15) is 5.10 Å². The Balaban J connectivity index is 1.83. The van der Waals surface area contributed by atoms with Crippen molar-refractivity contribution >= 4 is 22.4 Å². The molecule has 0 bridgehead atoms. The van der Waals surface area contributed by atoms with Crippen LogP contribution in [-0.4, -0.2) is 33.8 Å². The Morgan fingerprint density at radius 1 is 1.45 bits per heavy atom. The van der Waals surface area contributed by atoms with Gasteiger partial charge < -0.3 is 5.32 Å². The minimum Gasteiger partial charge on any atom is -0.317 e. The van der Waals surface area contributed by atoms with Crippen LogP contribution >= 0.6 is 11.3 Å². The van der Waals surface area contributed by atoms with Crippen LogP contribution in [0.1, 0.15) is 37.5 Å². The van der Waals surface area contributed by atoms with Gasteiger partial charge in [0.25, 0.3) is 5.91 Å². The number of piperidine rings is 1. The van der Waals surface area contributed by atoms with E-state index >= 15 is 0 Å². The van der Waals surface area contributed by atoms with Gasteiger partial charge in [-0.1, -0.05) is 13.8 Å². The number of rotatable bonds is 4. The van der Waals surface area contributed by atoms with Crippen molar-refractivity contribution in [2.75, 3.05) is 18.4 Å². The van der Waals surface area contributed by atoms with Crippen molar-refractivity contribution in [1.29, 1.82) is 0 Å². The maximum atomic E-state index is 12.9. The number of amides is 1. The van der Waals surface area contributed by atoms with E-state index < -0.39 is 5.54 Å². The highest BCUT2D eigenvalue weighted by atomic mass is 32.1. The third-order valence-corrected chi connectivity index (χ3v) is 5.32. The van der Waals surface area contributed by atoms with Crippen LogP contribution in [0.5, 0.6) is 0 Å². The Morgan fingerprint density at radius 3 is 2.82 bits per heavy atom. The first kappa shape index (κ1) is 15.2. The minimum atomic E-state index is -0.627. The number of carbonyl (C=O) groups is 1. The molecule has 2 aromatic rings. The molecule has 3 rings (SSSR count). The van der Waals surface area contributed by atoms with Gasteiger partial charge in [-0.05, 0) is 37.9 Å². The maximum Gasteiger partial charge on any atom is 0.254 e. The van der Waals surface area contributed by atoms with E-state index in [1.807, 2.05) is 18.5 Å². The molecule has 1 amide bonds. The quantitative estimate of drug-likeness (QED) is 0.906.